The SMILES string of the molecule is CN(CCC1CCCCN1)C(=O)C1CCCOC1. The molecule has 2 fully saturated rings. The molecule has 2 heterocycles. The minimum absolute atomic E-state index is 0.100. The first-order valence-corrected chi connectivity index (χ1v) is 7.33. The van der Waals surface area contributed by atoms with Crippen LogP contribution in [0.1, 0.15) is 38.5 Å². The number of hydrogen-bond donors (Lipinski definition) is 1. The molecular formula is C14H26N2O2. The second-order valence-corrected chi connectivity index (χ2v) is 5.61. The largest absolute Gasteiger partial charge is 0.381 e. The Morgan fingerprint density at radius 1 is 1.33 bits per heavy atom. The molecule has 2 saturated heterocycles. The first kappa shape index (κ1) is 13.8. The predicted octanol–water partition coefficient (Wildman–Crippen LogP) is 1.40. The standard InChI is InChI=1S/C14H26N2O2/c1-16(9-7-13-6-2-3-8-15-13)14(17)12-5-4-10-18-11-12/h12-13,15H,2-11H2,1H3. The van der Waals surface area contributed by atoms with Crippen molar-refractivity contribution in [1.82, 2.24) is 10.2 Å². The molecule has 2 rings (SSSR count). The molecule has 0 spiro atoms. The van der Waals surface area contributed by atoms with E-state index in [2.05, 4.69) is 5.32 Å². The second-order valence-electron chi connectivity index (χ2n) is 5.61. The first-order chi connectivity index (χ1) is 8.77. The molecule has 4 nitrogen and oxygen atoms in total. The molecule has 2 unspecified atom stereocenters. The zero-order valence-corrected chi connectivity index (χ0v) is 11.5. The van der Waals surface area contributed by atoms with Crippen LogP contribution in [0.25, 0.3) is 0 Å². The van der Waals surface area contributed by atoms with Crippen LogP contribution in [0, 0.1) is 5.92 Å². The molecule has 2 atom stereocenters. The molecule has 0 bridgehead atoms. The van der Waals surface area contributed by atoms with Gasteiger partial charge in [-0.15, -0.1) is 0 Å². The normalized spacial score (nSPS) is 28.9. The van der Waals surface area contributed by atoms with Crippen molar-refractivity contribution in [3.8, 4) is 0 Å². The van der Waals surface area contributed by atoms with Crippen LogP contribution in [0.3, 0.4) is 0 Å². The molecule has 18 heavy (non-hydrogen) atoms. The highest BCUT2D eigenvalue weighted by Crippen LogP contribution is 2.17. The molecule has 104 valence electrons. The molecule has 2 aliphatic rings. The maximum Gasteiger partial charge on any atom is 0.227 e. The minimum Gasteiger partial charge on any atom is -0.381 e. The summed E-state index contributed by atoms with van der Waals surface area (Å²) < 4.78 is 5.39. The predicted molar refractivity (Wildman–Crippen MR) is 71.4 cm³/mol. The molecule has 1 amide bonds. The van der Waals surface area contributed by atoms with Crippen LogP contribution in [0.15, 0.2) is 0 Å². The quantitative estimate of drug-likeness (QED) is 0.824. The summed E-state index contributed by atoms with van der Waals surface area (Å²) in [5.74, 6) is 0.369. The van der Waals surface area contributed by atoms with E-state index in [1.165, 1.54) is 19.3 Å². The Kier molecular flexibility index (Phi) is 5.45. The zero-order chi connectivity index (χ0) is 12.8. The average Bonchev–Trinajstić information content (AvgIpc) is 2.46. The molecule has 1 N–H and O–H groups in total. The Bertz CT molecular complexity index is 259. The third kappa shape index (κ3) is 3.95. The smallest absolute Gasteiger partial charge is 0.227 e. The van der Waals surface area contributed by atoms with E-state index in [1.54, 1.807) is 0 Å². The van der Waals surface area contributed by atoms with Crippen molar-refractivity contribution in [2.75, 3.05) is 33.4 Å². The highest BCUT2D eigenvalue weighted by molar-refractivity contribution is 5.78. The van der Waals surface area contributed by atoms with Gasteiger partial charge in [-0.1, -0.05) is 6.42 Å². The first-order valence-electron chi connectivity index (χ1n) is 7.33. The number of amides is 1. The van der Waals surface area contributed by atoms with Crippen LogP contribution in [-0.4, -0.2) is 50.2 Å². The van der Waals surface area contributed by atoms with Gasteiger partial charge in [0.05, 0.1) is 12.5 Å². The summed E-state index contributed by atoms with van der Waals surface area (Å²) in [6, 6.07) is 0.608. The molecule has 4 heteroatoms. The molecule has 0 aromatic heterocycles. The fraction of sp³-hybridized carbons (Fsp3) is 0.929. The fourth-order valence-corrected chi connectivity index (χ4v) is 2.88. The average molecular weight is 254 g/mol. The van der Waals surface area contributed by atoms with Gasteiger partial charge in [0.2, 0.25) is 5.91 Å². The minimum atomic E-state index is 0.100. The van der Waals surface area contributed by atoms with Crippen molar-refractivity contribution in [1.29, 1.82) is 0 Å². The van der Waals surface area contributed by atoms with Crippen LogP contribution in [-0.2, 0) is 9.53 Å². The van der Waals surface area contributed by atoms with Crippen molar-refractivity contribution in [3.63, 3.8) is 0 Å². The van der Waals surface area contributed by atoms with Gasteiger partial charge in [0.25, 0.3) is 0 Å². The number of nitrogens with zero attached hydrogens (tertiary/aromatic N) is 1. The van der Waals surface area contributed by atoms with Gasteiger partial charge < -0.3 is 15.0 Å². The van der Waals surface area contributed by atoms with Crippen LogP contribution < -0.4 is 5.32 Å². The molecule has 2 aliphatic heterocycles. The van der Waals surface area contributed by atoms with Gasteiger partial charge in [-0.3, -0.25) is 4.79 Å². The summed E-state index contributed by atoms with van der Waals surface area (Å²) in [7, 11) is 1.93. The van der Waals surface area contributed by atoms with Gasteiger partial charge in [-0.25, -0.2) is 0 Å². The number of carbonyl (C=O) groups is 1. The number of piperidine rings is 1. The Morgan fingerprint density at radius 3 is 2.89 bits per heavy atom. The number of hydrogen-bond acceptors (Lipinski definition) is 3. The lowest BCUT2D eigenvalue weighted by Gasteiger charge is -2.29. The monoisotopic (exact) mass is 254 g/mol. The fourth-order valence-electron chi connectivity index (χ4n) is 2.88. The van der Waals surface area contributed by atoms with Crippen molar-refractivity contribution in [3.05, 3.63) is 0 Å². The molecular weight excluding hydrogens is 228 g/mol. The Labute approximate surface area is 110 Å². The highest BCUT2D eigenvalue weighted by atomic mass is 16.5. The molecule has 0 aromatic rings. The summed E-state index contributed by atoms with van der Waals surface area (Å²) in [6.45, 7) is 3.44. The van der Waals surface area contributed by atoms with Gasteiger partial charge in [0.15, 0.2) is 0 Å². The highest BCUT2D eigenvalue weighted by Gasteiger charge is 2.25. The number of rotatable bonds is 4. The Balaban J connectivity index is 1.69. The van der Waals surface area contributed by atoms with E-state index in [0.717, 1.165) is 39.0 Å². The van der Waals surface area contributed by atoms with Crippen LogP contribution in [0.4, 0.5) is 0 Å². The van der Waals surface area contributed by atoms with E-state index in [1.807, 2.05) is 11.9 Å². The lowest BCUT2D eigenvalue weighted by Crippen LogP contribution is -2.41. The number of nitrogens with one attached hydrogen (secondary N) is 1. The van der Waals surface area contributed by atoms with Crippen LogP contribution in [0.5, 0.6) is 0 Å². The molecule has 0 radical (unpaired) electrons. The van der Waals surface area contributed by atoms with E-state index in [0.29, 0.717) is 12.6 Å². The van der Waals surface area contributed by atoms with E-state index in [9.17, 15) is 4.79 Å². The third-order valence-corrected chi connectivity index (χ3v) is 4.11. The van der Waals surface area contributed by atoms with Crippen molar-refractivity contribution < 1.29 is 9.53 Å². The maximum atomic E-state index is 12.2. The van der Waals surface area contributed by atoms with E-state index in [4.69, 9.17) is 4.74 Å². The van der Waals surface area contributed by atoms with Gasteiger partial charge in [0.1, 0.15) is 0 Å². The van der Waals surface area contributed by atoms with Crippen molar-refractivity contribution in [2.45, 2.75) is 44.6 Å². The van der Waals surface area contributed by atoms with Gasteiger partial charge in [-0.2, -0.15) is 0 Å². The summed E-state index contributed by atoms with van der Waals surface area (Å²) >= 11 is 0. The van der Waals surface area contributed by atoms with Gasteiger partial charge in [0, 0.05) is 26.2 Å². The molecule has 0 saturated carbocycles. The van der Waals surface area contributed by atoms with Crippen LogP contribution >= 0.6 is 0 Å². The summed E-state index contributed by atoms with van der Waals surface area (Å²) in [5, 5.41) is 3.53. The molecule has 0 aliphatic carbocycles. The van der Waals surface area contributed by atoms with Crippen LogP contribution in [0.2, 0.25) is 0 Å². The summed E-state index contributed by atoms with van der Waals surface area (Å²) in [6.07, 6.45) is 6.97. The zero-order valence-electron chi connectivity index (χ0n) is 11.5. The van der Waals surface area contributed by atoms with Crippen molar-refractivity contribution >= 4 is 5.91 Å². The van der Waals surface area contributed by atoms with E-state index >= 15 is 0 Å². The Hall–Kier alpha value is -0.610. The maximum absolute atomic E-state index is 12.2. The lowest BCUT2D eigenvalue weighted by molar-refractivity contribution is -0.138. The summed E-state index contributed by atoms with van der Waals surface area (Å²) in [4.78, 5) is 14.1. The lowest BCUT2D eigenvalue weighted by atomic mass is 9.99. The Morgan fingerprint density at radius 2 is 2.22 bits per heavy atom. The van der Waals surface area contributed by atoms with Gasteiger partial charge >= 0.3 is 0 Å². The third-order valence-electron chi connectivity index (χ3n) is 4.11. The second kappa shape index (κ2) is 7.10. The number of ether oxygens (including phenoxy) is 1. The van der Waals surface area contributed by atoms with E-state index < -0.39 is 0 Å². The summed E-state index contributed by atoms with van der Waals surface area (Å²) in [5.41, 5.74) is 0. The van der Waals surface area contributed by atoms with Gasteiger partial charge in [-0.05, 0) is 38.6 Å². The van der Waals surface area contributed by atoms with E-state index in [-0.39, 0.29) is 11.8 Å². The number of carbonyl (C=O) groups excluding carboxylic acids is 1. The van der Waals surface area contributed by atoms with Crippen molar-refractivity contribution in [2.24, 2.45) is 5.92 Å². The topological polar surface area (TPSA) is 41.6 Å². The molecule has 0 aromatic carbocycles.